The van der Waals surface area contributed by atoms with E-state index in [1.54, 1.807) is 56.3 Å². The predicted octanol–water partition coefficient (Wildman–Crippen LogP) is 5.55. The Bertz CT molecular complexity index is 1690. The van der Waals surface area contributed by atoms with Gasteiger partial charge in [0.25, 0.3) is 5.91 Å². The highest BCUT2D eigenvalue weighted by atomic mass is 19.1. The van der Waals surface area contributed by atoms with Crippen molar-refractivity contribution in [3.63, 3.8) is 0 Å². The first kappa shape index (κ1) is 24.5. The summed E-state index contributed by atoms with van der Waals surface area (Å²) in [6.07, 6.45) is 4.10. The molecule has 5 aromatic rings. The molecular weight excluding hydrogens is 490 g/mol. The number of rotatable bonds is 6. The number of aromatic amines is 1. The van der Waals surface area contributed by atoms with E-state index in [4.69, 9.17) is 0 Å². The van der Waals surface area contributed by atoms with Crippen LogP contribution in [0, 0.1) is 23.0 Å². The molecule has 0 atom stereocenters. The van der Waals surface area contributed by atoms with Crippen LogP contribution in [-0.2, 0) is 5.41 Å². The Balaban J connectivity index is 1.60. The van der Waals surface area contributed by atoms with Crippen molar-refractivity contribution in [1.29, 1.82) is 5.26 Å². The minimum absolute atomic E-state index is 0.110. The second kappa shape index (κ2) is 9.67. The zero-order valence-corrected chi connectivity index (χ0v) is 20.3. The molecule has 0 unspecified atom stereocenters. The lowest BCUT2D eigenvalue weighted by atomic mass is 9.85. The molecule has 188 valence electrons. The molecule has 0 aliphatic heterocycles. The number of nitrogens with one attached hydrogen (secondary N) is 2. The number of aromatic nitrogens is 5. The number of pyridine rings is 1. The molecule has 0 aliphatic rings. The largest absolute Gasteiger partial charge is 0.340 e. The van der Waals surface area contributed by atoms with Crippen LogP contribution in [0.1, 0.15) is 29.8 Å². The highest BCUT2D eigenvalue weighted by Gasteiger charge is 2.28. The van der Waals surface area contributed by atoms with E-state index in [9.17, 15) is 10.1 Å². The molecule has 11 heteroatoms. The molecule has 2 aromatic carbocycles. The summed E-state index contributed by atoms with van der Waals surface area (Å²) in [5.74, 6) is -2.29. The highest BCUT2D eigenvalue weighted by Crippen LogP contribution is 2.40. The lowest BCUT2D eigenvalue weighted by Gasteiger charge is -2.25. The molecule has 0 fully saturated rings. The van der Waals surface area contributed by atoms with Gasteiger partial charge in [0, 0.05) is 11.8 Å². The minimum Gasteiger partial charge on any atom is -0.340 e. The van der Waals surface area contributed by atoms with Gasteiger partial charge in [-0.3, -0.25) is 9.69 Å². The van der Waals surface area contributed by atoms with Gasteiger partial charge in [0.2, 0.25) is 0 Å². The Morgan fingerprint density at radius 2 is 1.89 bits per heavy atom. The van der Waals surface area contributed by atoms with Crippen molar-refractivity contribution < 1.29 is 13.6 Å². The summed E-state index contributed by atoms with van der Waals surface area (Å²) < 4.78 is 31.4. The molecule has 0 radical (unpaired) electrons. The number of imidazole rings is 1. The van der Waals surface area contributed by atoms with Crippen molar-refractivity contribution in [2.45, 2.75) is 19.3 Å². The monoisotopic (exact) mass is 510 g/mol. The summed E-state index contributed by atoms with van der Waals surface area (Å²) in [6, 6.07) is 15.8. The van der Waals surface area contributed by atoms with Gasteiger partial charge in [-0.05, 0) is 55.8 Å². The number of anilines is 4. The zero-order chi connectivity index (χ0) is 26.9. The number of fused-ring (bicyclic) bond motifs is 1. The number of carbonyl (C=O) groups is 1. The molecule has 0 aliphatic carbocycles. The van der Waals surface area contributed by atoms with Crippen LogP contribution in [0.4, 0.5) is 31.8 Å². The van der Waals surface area contributed by atoms with Crippen molar-refractivity contribution >= 4 is 40.1 Å². The smallest absolute Gasteiger partial charge is 0.255 e. The number of hydrogen-bond acceptors (Lipinski definition) is 7. The van der Waals surface area contributed by atoms with Gasteiger partial charge in [-0.2, -0.15) is 5.26 Å². The Hall–Kier alpha value is -5.24. The fourth-order valence-corrected chi connectivity index (χ4v) is 3.89. The zero-order valence-electron chi connectivity index (χ0n) is 20.3. The number of nitriles is 1. The van der Waals surface area contributed by atoms with E-state index < -0.39 is 28.6 Å². The summed E-state index contributed by atoms with van der Waals surface area (Å²) in [5, 5.41) is 12.0. The molecule has 0 saturated heterocycles. The van der Waals surface area contributed by atoms with Crippen molar-refractivity contribution in [1.82, 2.24) is 24.9 Å². The van der Waals surface area contributed by atoms with Crippen molar-refractivity contribution in [3.05, 3.63) is 96.2 Å². The van der Waals surface area contributed by atoms with E-state index in [-0.39, 0.29) is 22.9 Å². The van der Waals surface area contributed by atoms with Crippen LogP contribution in [0.3, 0.4) is 0 Å². The third kappa shape index (κ3) is 4.39. The standard InChI is InChI=1S/C27H20F2N8O/c1-27(2,13-30)17-7-5-6-16(12-17)26(38)36-19-10-9-18(28)23(21(19)29)37(20-8-3-4-11-31-20)25-22-24(33-14-32-22)34-15-35-25/h3-12,14-15H,1-2H3,(H,36,38)(H,32,33,34,35). The van der Waals surface area contributed by atoms with Gasteiger partial charge in [0.05, 0.1) is 23.5 Å². The third-order valence-corrected chi connectivity index (χ3v) is 5.96. The van der Waals surface area contributed by atoms with Gasteiger partial charge < -0.3 is 10.3 Å². The molecule has 2 N–H and O–H groups in total. The quantitative estimate of drug-likeness (QED) is 0.307. The maximum Gasteiger partial charge on any atom is 0.255 e. The van der Waals surface area contributed by atoms with Crippen LogP contribution in [0.15, 0.2) is 73.4 Å². The number of benzene rings is 2. The number of amides is 1. The fourth-order valence-electron chi connectivity index (χ4n) is 3.89. The van der Waals surface area contributed by atoms with Crippen LogP contribution in [0.2, 0.25) is 0 Å². The van der Waals surface area contributed by atoms with E-state index in [0.717, 1.165) is 12.1 Å². The first-order valence-electron chi connectivity index (χ1n) is 11.5. The van der Waals surface area contributed by atoms with Gasteiger partial charge in [0.1, 0.15) is 29.2 Å². The summed E-state index contributed by atoms with van der Waals surface area (Å²) >= 11 is 0. The van der Waals surface area contributed by atoms with Crippen molar-refractivity contribution in [2.75, 3.05) is 10.2 Å². The lowest BCUT2D eigenvalue weighted by Crippen LogP contribution is -2.20. The first-order valence-corrected chi connectivity index (χ1v) is 11.5. The molecule has 38 heavy (non-hydrogen) atoms. The molecular formula is C27H20F2N8O. The van der Waals surface area contributed by atoms with Gasteiger partial charge in [-0.15, -0.1) is 0 Å². The third-order valence-electron chi connectivity index (χ3n) is 5.96. The van der Waals surface area contributed by atoms with Gasteiger partial charge in [-0.25, -0.2) is 28.7 Å². The minimum atomic E-state index is -1.04. The summed E-state index contributed by atoms with van der Waals surface area (Å²) in [4.78, 5) is 33.8. The van der Waals surface area contributed by atoms with Crippen LogP contribution in [-0.4, -0.2) is 30.8 Å². The average Bonchev–Trinajstić information content (AvgIpc) is 3.43. The van der Waals surface area contributed by atoms with E-state index >= 15 is 8.78 Å². The van der Waals surface area contributed by atoms with Crippen LogP contribution in [0.25, 0.3) is 11.2 Å². The summed E-state index contributed by atoms with van der Waals surface area (Å²) in [5.41, 5.74) is -0.120. The van der Waals surface area contributed by atoms with Crippen molar-refractivity contribution in [2.24, 2.45) is 0 Å². The first-order chi connectivity index (χ1) is 18.3. The number of hydrogen-bond donors (Lipinski definition) is 2. The number of halogens is 2. The van der Waals surface area contributed by atoms with E-state index in [0.29, 0.717) is 16.7 Å². The van der Waals surface area contributed by atoms with Gasteiger partial charge >= 0.3 is 0 Å². The topological polar surface area (TPSA) is 123 Å². The van der Waals surface area contributed by atoms with Crippen LogP contribution < -0.4 is 10.2 Å². The van der Waals surface area contributed by atoms with Crippen LogP contribution in [0.5, 0.6) is 0 Å². The lowest BCUT2D eigenvalue weighted by molar-refractivity contribution is 0.102. The Morgan fingerprint density at radius 3 is 2.66 bits per heavy atom. The maximum absolute atomic E-state index is 16.0. The normalized spacial score (nSPS) is 11.2. The van der Waals surface area contributed by atoms with E-state index in [1.165, 1.54) is 23.8 Å². The molecule has 0 saturated carbocycles. The SMILES string of the molecule is CC(C)(C#N)c1cccc(C(=O)Nc2ccc(F)c(N(c3ccccn3)c3ncnc4nc[nH]c34)c2F)c1. The number of H-pyrrole nitrogens is 1. The molecule has 3 heterocycles. The number of carbonyl (C=O) groups excluding carboxylic acids is 1. The fraction of sp³-hybridized carbons (Fsp3) is 0.111. The Morgan fingerprint density at radius 1 is 1.05 bits per heavy atom. The summed E-state index contributed by atoms with van der Waals surface area (Å²) in [6.45, 7) is 3.46. The molecule has 3 aromatic heterocycles. The molecule has 1 amide bonds. The molecule has 0 bridgehead atoms. The predicted molar refractivity (Wildman–Crippen MR) is 137 cm³/mol. The van der Waals surface area contributed by atoms with E-state index in [1.807, 2.05) is 0 Å². The molecule has 0 spiro atoms. The Labute approximate surface area is 215 Å². The average molecular weight is 511 g/mol. The second-order valence-corrected chi connectivity index (χ2v) is 8.85. The van der Waals surface area contributed by atoms with E-state index in [2.05, 4.69) is 36.3 Å². The van der Waals surface area contributed by atoms with Crippen LogP contribution >= 0.6 is 0 Å². The molecule has 9 nitrogen and oxygen atoms in total. The number of nitrogens with zero attached hydrogens (tertiary/aromatic N) is 6. The molecule has 5 rings (SSSR count). The van der Waals surface area contributed by atoms with Gasteiger partial charge in [-0.1, -0.05) is 18.2 Å². The highest BCUT2D eigenvalue weighted by molar-refractivity contribution is 6.05. The van der Waals surface area contributed by atoms with Crippen molar-refractivity contribution in [3.8, 4) is 6.07 Å². The maximum atomic E-state index is 16.0. The summed E-state index contributed by atoms with van der Waals surface area (Å²) in [7, 11) is 0. The Kier molecular flexibility index (Phi) is 6.22. The second-order valence-electron chi connectivity index (χ2n) is 8.85. The van der Waals surface area contributed by atoms with Gasteiger partial charge in [0.15, 0.2) is 17.3 Å².